The van der Waals surface area contributed by atoms with Crippen molar-refractivity contribution >= 4 is 46.0 Å². The molecule has 158 valence electrons. The normalized spacial score (nSPS) is 29.2. The van der Waals surface area contributed by atoms with Gasteiger partial charge in [0.15, 0.2) is 0 Å². The van der Waals surface area contributed by atoms with Gasteiger partial charge in [-0.1, -0.05) is 23.2 Å². The topological polar surface area (TPSA) is 93.1 Å². The van der Waals surface area contributed by atoms with E-state index in [9.17, 15) is 14.4 Å². The molecule has 2 aromatic rings. The maximum absolute atomic E-state index is 12.7. The van der Waals surface area contributed by atoms with Gasteiger partial charge in [-0.25, -0.2) is 9.78 Å². The number of halogens is 2. The molecule has 4 fully saturated rings. The number of carbonyl (C=O) groups is 2. The predicted octanol–water partition coefficient (Wildman–Crippen LogP) is 3.50. The zero-order chi connectivity index (χ0) is 21.0. The summed E-state index contributed by atoms with van der Waals surface area (Å²) >= 11 is 12.1. The number of benzene rings is 1. The highest BCUT2D eigenvalue weighted by Gasteiger charge is 2.51. The van der Waals surface area contributed by atoms with Crippen LogP contribution in [0.1, 0.15) is 38.5 Å². The molecule has 4 saturated carbocycles. The second-order valence-electron chi connectivity index (χ2n) is 9.16. The molecule has 0 radical (unpaired) electrons. The summed E-state index contributed by atoms with van der Waals surface area (Å²) in [5, 5.41) is 6.26. The summed E-state index contributed by atoms with van der Waals surface area (Å²) in [6.07, 6.45) is 8.05. The number of hydrogen-bond acceptors (Lipinski definition) is 4. The second kappa shape index (κ2) is 7.24. The molecule has 7 nitrogen and oxygen atoms in total. The number of amides is 3. The molecular formula is C21H22Cl2N4O3. The minimum absolute atomic E-state index is 0.187. The van der Waals surface area contributed by atoms with Gasteiger partial charge in [-0.05, 0) is 68.4 Å². The van der Waals surface area contributed by atoms with E-state index in [4.69, 9.17) is 23.2 Å². The number of nitrogens with zero attached hydrogens (tertiary/aromatic N) is 2. The van der Waals surface area contributed by atoms with Crippen LogP contribution < -0.4 is 16.2 Å². The average Bonchev–Trinajstić information content (AvgIpc) is 2.62. The Balaban J connectivity index is 1.27. The van der Waals surface area contributed by atoms with Crippen molar-refractivity contribution in [1.29, 1.82) is 0 Å². The van der Waals surface area contributed by atoms with E-state index in [0.29, 0.717) is 28.3 Å². The predicted molar refractivity (Wildman–Crippen MR) is 114 cm³/mol. The Morgan fingerprint density at radius 1 is 1.10 bits per heavy atom. The van der Waals surface area contributed by atoms with Crippen LogP contribution in [0.15, 0.2) is 23.3 Å². The minimum Gasteiger partial charge on any atom is -0.332 e. The Labute approximate surface area is 183 Å². The molecule has 0 saturated heterocycles. The first kappa shape index (κ1) is 19.8. The number of hydrogen-bond donors (Lipinski definition) is 2. The first-order chi connectivity index (χ1) is 14.3. The Hall–Kier alpha value is -2.12. The van der Waals surface area contributed by atoms with E-state index in [2.05, 4.69) is 15.6 Å². The van der Waals surface area contributed by atoms with Gasteiger partial charge in [0.1, 0.15) is 6.54 Å². The van der Waals surface area contributed by atoms with Crippen LogP contribution in [0, 0.1) is 17.8 Å². The monoisotopic (exact) mass is 448 g/mol. The van der Waals surface area contributed by atoms with Crippen LogP contribution in [0.5, 0.6) is 0 Å². The number of fused-ring (bicyclic) bond motifs is 1. The number of rotatable bonds is 3. The molecule has 0 spiro atoms. The molecule has 9 heteroatoms. The Morgan fingerprint density at radius 3 is 2.37 bits per heavy atom. The summed E-state index contributed by atoms with van der Waals surface area (Å²) in [6.45, 7) is -0.319. The van der Waals surface area contributed by atoms with E-state index in [1.807, 2.05) is 0 Å². The fraction of sp³-hybridized carbons (Fsp3) is 0.524. The van der Waals surface area contributed by atoms with Crippen LogP contribution in [0.3, 0.4) is 0 Å². The lowest BCUT2D eigenvalue weighted by molar-refractivity contribution is -0.120. The SMILES string of the molecule is O=C(Cn1cnc2c(Cl)cc(Cl)cc2c1=O)NC(=O)NC12CC3CC(CC(C3)C1)C2. The van der Waals surface area contributed by atoms with Gasteiger partial charge < -0.3 is 5.32 Å². The fourth-order valence-corrected chi connectivity index (χ4v) is 6.71. The van der Waals surface area contributed by atoms with Gasteiger partial charge in [-0.15, -0.1) is 0 Å². The molecule has 0 atom stereocenters. The third-order valence-electron chi connectivity index (χ3n) is 6.83. The highest BCUT2D eigenvalue weighted by atomic mass is 35.5. The molecule has 4 aliphatic carbocycles. The van der Waals surface area contributed by atoms with Crippen LogP contribution >= 0.6 is 23.2 Å². The molecule has 1 heterocycles. The van der Waals surface area contributed by atoms with Crippen molar-refractivity contribution < 1.29 is 9.59 Å². The van der Waals surface area contributed by atoms with Gasteiger partial charge in [0.25, 0.3) is 5.56 Å². The molecule has 0 aliphatic heterocycles. The fourth-order valence-electron chi connectivity index (χ4n) is 6.16. The zero-order valence-corrected chi connectivity index (χ0v) is 17.8. The quantitative estimate of drug-likeness (QED) is 0.750. The van der Waals surface area contributed by atoms with Crippen molar-refractivity contribution in [1.82, 2.24) is 20.2 Å². The molecule has 2 N–H and O–H groups in total. The van der Waals surface area contributed by atoms with Gasteiger partial charge >= 0.3 is 6.03 Å². The third kappa shape index (κ3) is 3.58. The number of carbonyl (C=O) groups excluding carboxylic acids is 2. The van der Waals surface area contributed by atoms with E-state index in [0.717, 1.165) is 23.8 Å². The smallest absolute Gasteiger partial charge is 0.321 e. The molecule has 3 amide bonds. The van der Waals surface area contributed by atoms with E-state index in [-0.39, 0.29) is 22.5 Å². The van der Waals surface area contributed by atoms with Crippen LogP contribution in [0.25, 0.3) is 10.9 Å². The average molecular weight is 449 g/mol. The van der Waals surface area contributed by atoms with Crippen molar-refractivity contribution in [2.24, 2.45) is 17.8 Å². The summed E-state index contributed by atoms with van der Waals surface area (Å²) in [4.78, 5) is 41.8. The highest BCUT2D eigenvalue weighted by Crippen LogP contribution is 2.55. The molecule has 4 bridgehead atoms. The van der Waals surface area contributed by atoms with Crippen LogP contribution in [0.2, 0.25) is 10.0 Å². The Bertz CT molecular complexity index is 1080. The first-order valence-electron chi connectivity index (χ1n) is 10.3. The molecule has 0 unspecified atom stereocenters. The van der Waals surface area contributed by atoms with E-state index < -0.39 is 17.5 Å². The van der Waals surface area contributed by atoms with E-state index in [1.54, 1.807) is 0 Å². The number of nitrogens with one attached hydrogen (secondary N) is 2. The van der Waals surface area contributed by atoms with Gasteiger partial charge in [-0.3, -0.25) is 19.5 Å². The summed E-state index contributed by atoms with van der Waals surface area (Å²) in [5.41, 5.74) is -0.308. The zero-order valence-electron chi connectivity index (χ0n) is 16.3. The number of imide groups is 1. The van der Waals surface area contributed by atoms with Gasteiger partial charge in [0.2, 0.25) is 5.91 Å². The van der Waals surface area contributed by atoms with Crippen molar-refractivity contribution in [3.05, 3.63) is 38.9 Å². The van der Waals surface area contributed by atoms with Crippen LogP contribution in [-0.4, -0.2) is 27.0 Å². The number of aromatic nitrogens is 2. The second-order valence-corrected chi connectivity index (χ2v) is 10.0. The van der Waals surface area contributed by atoms with Crippen molar-refractivity contribution in [3.63, 3.8) is 0 Å². The lowest BCUT2D eigenvalue weighted by Gasteiger charge is -2.56. The molecular weight excluding hydrogens is 427 g/mol. The van der Waals surface area contributed by atoms with Crippen molar-refractivity contribution in [2.45, 2.75) is 50.6 Å². The van der Waals surface area contributed by atoms with Gasteiger partial charge in [0.05, 0.1) is 22.3 Å². The third-order valence-corrected chi connectivity index (χ3v) is 7.34. The molecule has 1 aromatic carbocycles. The van der Waals surface area contributed by atoms with Gasteiger partial charge in [0, 0.05) is 10.6 Å². The van der Waals surface area contributed by atoms with E-state index in [1.165, 1.54) is 37.7 Å². The summed E-state index contributed by atoms with van der Waals surface area (Å²) in [5.74, 6) is 1.49. The summed E-state index contributed by atoms with van der Waals surface area (Å²) in [6, 6.07) is 2.48. The lowest BCUT2D eigenvalue weighted by atomic mass is 9.53. The summed E-state index contributed by atoms with van der Waals surface area (Å²) < 4.78 is 1.14. The highest BCUT2D eigenvalue weighted by molar-refractivity contribution is 6.38. The molecule has 1 aromatic heterocycles. The summed E-state index contributed by atoms with van der Waals surface area (Å²) in [7, 11) is 0. The van der Waals surface area contributed by atoms with Gasteiger partial charge in [-0.2, -0.15) is 0 Å². The Morgan fingerprint density at radius 2 is 1.73 bits per heavy atom. The first-order valence-corrected chi connectivity index (χ1v) is 11.0. The lowest BCUT2D eigenvalue weighted by Crippen LogP contribution is -2.62. The largest absolute Gasteiger partial charge is 0.332 e. The minimum atomic E-state index is -0.575. The van der Waals surface area contributed by atoms with Crippen molar-refractivity contribution in [2.75, 3.05) is 0 Å². The Kier molecular flexibility index (Phi) is 4.78. The van der Waals surface area contributed by atoms with Crippen molar-refractivity contribution in [3.8, 4) is 0 Å². The van der Waals surface area contributed by atoms with Crippen LogP contribution in [0.4, 0.5) is 4.79 Å². The molecule has 30 heavy (non-hydrogen) atoms. The maximum Gasteiger partial charge on any atom is 0.321 e. The van der Waals surface area contributed by atoms with E-state index >= 15 is 0 Å². The standard InChI is InChI=1S/C21H22Cl2N4O3/c22-14-4-15-18(16(23)5-14)24-10-27(19(15)29)9-17(28)25-20(30)26-21-6-11-1-12(7-21)3-13(2-11)8-21/h4-5,10-13H,1-3,6-9H2,(H2,25,26,28,30). The number of urea groups is 1. The molecule has 4 aliphatic rings. The maximum atomic E-state index is 12.7. The molecule has 6 rings (SSSR count). The van der Waals surface area contributed by atoms with Crippen LogP contribution in [-0.2, 0) is 11.3 Å².